The lowest BCUT2D eigenvalue weighted by atomic mass is 9.87. The van der Waals surface area contributed by atoms with E-state index >= 15 is 0 Å². The zero-order valence-electron chi connectivity index (χ0n) is 11.2. The Balaban J connectivity index is 2.36. The van der Waals surface area contributed by atoms with Crippen LogP contribution in [0.4, 0.5) is 0 Å². The summed E-state index contributed by atoms with van der Waals surface area (Å²) >= 11 is 4.19. The van der Waals surface area contributed by atoms with Gasteiger partial charge in [-0.1, -0.05) is 32.9 Å². The van der Waals surface area contributed by atoms with Crippen molar-refractivity contribution < 1.29 is 4.74 Å². The normalized spacial score (nSPS) is 11.5. The van der Waals surface area contributed by atoms with Crippen LogP contribution < -0.4 is 4.74 Å². The van der Waals surface area contributed by atoms with Crippen molar-refractivity contribution in [3.8, 4) is 5.75 Å². The smallest absolute Gasteiger partial charge is 0.119 e. The van der Waals surface area contributed by atoms with E-state index in [1.807, 2.05) is 0 Å². The van der Waals surface area contributed by atoms with E-state index in [0.29, 0.717) is 0 Å². The van der Waals surface area contributed by atoms with Gasteiger partial charge in [0.2, 0.25) is 0 Å². The summed E-state index contributed by atoms with van der Waals surface area (Å²) in [6.07, 6.45) is 3.49. The second-order valence-electron chi connectivity index (χ2n) is 5.41. The Morgan fingerprint density at radius 1 is 1.00 bits per heavy atom. The zero-order valence-corrected chi connectivity index (χ0v) is 12.1. The molecule has 0 radical (unpaired) electrons. The summed E-state index contributed by atoms with van der Waals surface area (Å²) in [5.41, 5.74) is 1.56. The fourth-order valence-corrected chi connectivity index (χ4v) is 1.86. The van der Waals surface area contributed by atoms with Gasteiger partial charge in [-0.2, -0.15) is 12.6 Å². The maximum absolute atomic E-state index is 5.70. The molecule has 0 saturated carbocycles. The SMILES string of the molecule is CC(C)(C)c1ccc(OCCCCCS)cc1. The average Bonchev–Trinajstić information content (AvgIpc) is 2.28. The van der Waals surface area contributed by atoms with Gasteiger partial charge in [0.05, 0.1) is 6.61 Å². The van der Waals surface area contributed by atoms with Crippen molar-refractivity contribution in [3.05, 3.63) is 29.8 Å². The lowest BCUT2D eigenvalue weighted by Crippen LogP contribution is -2.10. The summed E-state index contributed by atoms with van der Waals surface area (Å²) in [6.45, 7) is 7.48. The Morgan fingerprint density at radius 2 is 1.65 bits per heavy atom. The molecular formula is C15H24OS. The van der Waals surface area contributed by atoms with Crippen LogP contribution in [0.15, 0.2) is 24.3 Å². The fourth-order valence-electron chi connectivity index (χ4n) is 1.63. The second kappa shape index (κ2) is 6.95. The Kier molecular flexibility index (Phi) is 5.90. The minimum absolute atomic E-state index is 0.213. The first-order valence-corrected chi connectivity index (χ1v) is 7.01. The van der Waals surface area contributed by atoms with Gasteiger partial charge in [0, 0.05) is 0 Å². The molecule has 0 unspecified atom stereocenters. The predicted octanol–water partition coefficient (Wildman–Crippen LogP) is 4.46. The van der Waals surface area contributed by atoms with Gasteiger partial charge in [0.25, 0.3) is 0 Å². The Hall–Kier alpha value is -0.630. The molecule has 17 heavy (non-hydrogen) atoms. The third-order valence-corrected chi connectivity index (χ3v) is 3.11. The highest BCUT2D eigenvalue weighted by Crippen LogP contribution is 2.24. The lowest BCUT2D eigenvalue weighted by Gasteiger charge is -2.19. The summed E-state index contributed by atoms with van der Waals surface area (Å²) in [7, 11) is 0. The van der Waals surface area contributed by atoms with E-state index in [1.165, 1.54) is 18.4 Å². The number of thiol groups is 1. The molecule has 0 spiro atoms. The number of hydrogen-bond donors (Lipinski definition) is 1. The average molecular weight is 252 g/mol. The van der Waals surface area contributed by atoms with Crippen LogP contribution >= 0.6 is 12.6 Å². The van der Waals surface area contributed by atoms with Crippen LogP contribution in [0.1, 0.15) is 45.6 Å². The van der Waals surface area contributed by atoms with E-state index in [-0.39, 0.29) is 5.41 Å². The molecule has 0 saturated heterocycles. The van der Waals surface area contributed by atoms with Gasteiger partial charge >= 0.3 is 0 Å². The minimum Gasteiger partial charge on any atom is -0.494 e. The summed E-state index contributed by atoms with van der Waals surface area (Å²) in [5, 5.41) is 0. The molecule has 0 amide bonds. The molecule has 0 atom stereocenters. The Bertz CT molecular complexity index is 311. The number of benzene rings is 1. The molecule has 1 aromatic rings. The van der Waals surface area contributed by atoms with Gasteiger partial charge in [-0.15, -0.1) is 0 Å². The van der Waals surface area contributed by atoms with Crippen molar-refractivity contribution in [1.82, 2.24) is 0 Å². The van der Waals surface area contributed by atoms with E-state index in [0.717, 1.165) is 24.5 Å². The highest BCUT2D eigenvalue weighted by molar-refractivity contribution is 7.80. The van der Waals surface area contributed by atoms with Gasteiger partial charge in [-0.25, -0.2) is 0 Å². The van der Waals surface area contributed by atoms with Gasteiger partial charge in [-0.3, -0.25) is 0 Å². The zero-order chi connectivity index (χ0) is 12.7. The van der Waals surface area contributed by atoms with Crippen molar-refractivity contribution in [3.63, 3.8) is 0 Å². The molecule has 1 aromatic carbocycles. The van der Waals surface area contributed by atoms with Crippen molar-refractivity contribution in [2.24, 2.45) is 0 Å². The molecule has 0 aliphatic carbocycles. The molecule has 0 aliphatic heterocycles. The van der Waals surface area contributed by atoms with Gasteiger partial charge in [-0.05, 0) is 48.1 Å². The van der Waals surface area contributed by atoms with Gasteiger partial charge in [0.1, 0.15) is 5.75 Å². The second-order valence-corrected chi connectivity index (χ2v) is 5.85. The van der Waals surface area contributed by atoms with Crippen molar-refractivity contribution >= 4 is 12.6 Å². The molecular weight excluding hydrogens is 228 g/mol. The standard InChI is InChI=1S/C15H24OS/c1-15(2,3)13-7-9-14(10-8-13)16-11-5-4-6-12-17/h7-10,17H,4-6,11-12H2,1-3H3. The van der Waals surface area contributed by atoms with Crippen LogP contribution in [0, 0.1) is 0 Å². The number of rotatable bonds is 6. The molecule has 0 bridgehead atoms. The van der Waals surface area contributed by atoms with Crippen LogP contribution in [-0.2, 0) is 5.41 Å². The van der Waals surface area contributed by atoms with Crippen LogP contribution in [0.2, 0.25) is 0 Å². The third-order valence-electron chi connectivity index (χ3n) is 2.79. The van der Waals surface area contributed by atoms with Crippen molar-refractivity contribution in [2.75, 3.05) is 12.4 Å². The summed E-state index contributed by atoms with van der Waals surface area (Å²) < 4.78 is 5.70. The molecule has 1 nitrogen and oxygen atoms in total. The van der Waals surface area contributed by atoms with E-state index in [1.54, 1.807) is 0 Å². The highest BCUT2D eigenvalue weighted by Gasteiger charge is 2.12. The number of ether oxygens (including phenoxy) is 1. The quantitative estimate of drug-likeness (QED) is 0.581. The molecule has 2 heteroatoms. The van der Waals surface area contributed by atoms with Crippen molar-refractivity contribution in [2.45, 2.75) is 45.4 Å². The van der Waals surface area contributed by atoms with E-state index in [9.17, 15) is 0 Å². The minimum atomic E-state index is 0.213. The summed E-state index contributed by atoms with van der Waals surface area (Å²) in [5.74, 6) is 1.95. The molecule has 1 rings (SSSR count). The molecule has 0 N–H and O–H groups in total. The maximum atomic E-state index is 5.70. The monoisotopic (exact) mass is 252 g/mol. The van der Waals surface area contributed by atoms with Gasteiger partial charge < -0.3 is 4.74 Å². The number of hydrogen-bond acceptors (Lipinski definition) is 2. The third kappa shape index (κ3) is 5.49. The van der Waals surface area contributed by atoms with Crippen LogP contribution in [0.3, 0.4) is 0 Å². The molecule has 0 aromatic heterocycles. The van der Waals surface area contributed by atoms with Crippen molar-refractivity contribution in [1.29, 1.82) is 0 Å². The Labute approximate surface area is 111 Å². The van der Waals surface area contributed by atoms with E-state index in [4.69, 9.17) is 4.74 Å². The first-order valence-electron chi connectivity index (χ1n) is 6.38. The highest BCUT2D eigenvalue weighted by atomic mass is 32.1. The van der Waals surface area contributed by atoms with Crippen LogP contribution in [0.5, 0.6) is 5.75 Å². The molecule has 0 heterocycles. The first kappa shape index (κ1) is 14.4. The van der Waals surface area contributed by atoms with E-state index in [2.05, 4.69) is 57.7 Å². The number of unbranched alkanes of at least 4 members (excludes halogenated alkanes) is 2. The Morgan fingerprint density at radius 3 is 2.18 bits per heavy atom. The topological polar surface area (TPSA) is 9.23 Å². The molecule has 96 valence electrons. The van der Waals surface area contributed by atoms with Gasteiger partial charge in [0.15, 0.2) is 0 Å². The van der Waals surface area contributed by atoms with E-state index < -0.39 is 0 Å². The molecule has 0 aliphatic rings. The lowest BCUT2D eigenvalue weighted by molar-refractivity contribution is 0.306. The summed E-state index contributed by atoms with van der Waals surface area (Å²) in [6, 6.07) is 8.45. The summed E-state index contributed by atoms with van der Waals surface area (Å²) in [4.78, 5) is 0. The fraction of sp³-hybridized carbons (Fsp3) is 0.600. The first-order chi connectivity index (χ1) is 8.04. The maximum Gasteiger partial charge on any atom is 0.119 e. The largest absolute Gasteiger partial charge is 0.494 e. The predicted molar refractivity (Wildman–Crippen MR) is 78.3 cm³/mol. The van der Waals surface area contributed by atoms with Crippen LogP contribution in [0.25, 0.3) is 0 Å². The molecule has 0 fully saturated rings. The van der Waals surface area contributed by atoms with Crippen LogP contribution in [-0.4, -0.2) is 12.4 Å².